The molecule has 8 nitrogen and oxygen atoms in total. The molecule has 1 aliphatic rings. The zero-order chi connectivity index (χ0) is 26.6. The van der Waals surface area contributed by atoms with Gasteiger partial charge in [-0.05, 0) is 53.6 Å². The minimum atomic E-state index is -0.405. The molecule has 5 rings (SSSR count). The van der Waals surface area contributed by atoms with E-state index in [0.717, 1.165) is 22.5 Å². The van der Waals surface area contributed by atoms with Gasteiger partial charge in [0.15, 0.2) is 0 Å². The second-order valence-electron chi connectivity index (χ2n) is 8.67. The first-order chi connectivity index (χ1) is 18.4. The molecule has 1 heterocycles. The van der Waals surface area contributed by atoms with E-state index in [2.05, 4.69) is 5.32 Å². The number of nitrogens with one attached hydrogen (secondary N) is 1. The summed E-state index contributed by atoms with van der Waals surface area (Å²) in [6.07, 6.45) is 0.609. The minimum Gasteiger partial charge on any atom is -0.496 e. The fourth-order valence-corrected chi connectivity index (χ4v) is 4.56. The van der Waals surface area contributed by atoms with Gasteiger partial charge in [-0.15, -0.1) is 0 Å². The number of anilines is 2. The van der Waals surface area contributed by atoms with Crippen molar-refractivity contribution < 1.29 is 14.5 Å². The van der Waals surface area contributed by atoms with E-state index < -0.39 is 4.92 Å². The lowest BCUT2D eigenvalue weighted by Crippen LogP contribution is -2.18. The Balaban J connectivity index is 1.38. The monoisotopic (exact) mass is 526 g/mol. The van der Waals surface area contributed by atoms with Crippen molar-refractivity contribution in [1.82, 2.24) is 0 Å². The van der Waals surface area contributed by atoms with Crippen LogP contribution in [0.3, 0.4) is 0 Å². The molecule has 1 aliphatic heterocycles. The number of carbonyl (C=O) groups excluding carboxylic acids is 1. The quantitative estimate of drug-likeness (QED) is 0.209. The molecule has 0 fully saturated rings. The predicted octanol–water partition coefficient (Wildman–Crippen LogP) is 6.86. The summed E-state index contributed by atoms with van der Waals surface area (Å²) in [5, 5.41) is 21.3. The summed E-state index contributed by atoms with van der Waals surface area (Å²) in [6, 6.07) is 28.6. The zero-order valence-electron chi connectivity index (χ0n) is 20.4. The highest BCUT2D eigenvalue weighted by Crippen LogP contribution is 2.37. The van der Waals surface area contributed by atoms with Crippen LogP contribution in [0.25, 0.3) is 0 Å². The lowest BCUT2D eigenvalue weighted by Gasteiger charge is -2.23. The molecule has 9 heteroatoms. The number of carbonyl (C=O) groups is 1. The van der Waals surface area contributed by atoms with Crippen molar-refractivity contribution >= 4 is 40.3 Å². The average molecular weight is 527 g/mol. The SMILES string of the molecule is COc1ccc(Cl)cc1C(=O)Nc1ccc(C2=NN(c3ccccc3)C(c3ccc([N+](=O)[O-])cc3)C2)cc1. The number of nitro benzene ring substituents is 1. The number of nitrogens with zero attached hydrogens (tertiary/aromatic N) is 3. The number of halogens is 1. The van der Waals surface area contributed by atoms with Gasteiger partial charge in [0.25, 0.3) is 11.6 Å². The standard InChI is InChI=1S/C29H23ClN4O4/c1-38-28-16-11-21(30)17-25(28)29(35)31-22-12-7-19(8-13-22)26-18-27(20-9-14-24(15-10-20)34(36)37)33(32-26)23-5-3-2-4-6-23/h2-17,27H,18H2,1H3,(H,31,35). The highest BCUT2D eigenvalue weighted by molar-refractivity contribution is 6.31. The van der Waals surface area contributed by atoms with E-state index in [4.69, 9.17) is 21.4 Å². The molecule has 1 amide bonds. The first-order valence-corrected chi connectivity index (χ1v) is 12.2. The number of hydrogen-bond acceptors (Lipinski definition) is 6. The lowest BCUT2D eigenvalue weighted by molar-refractivity contribution is -0.384. The van der Waals surface area contributed by atoms with Gasteiger partial charge in [-0.2, -0.15) is 5.10 Å². The molecule has 4 aromatic carbocycles. The molecule has 1 N–H and O–H groups in total. The highest BCUT2D eigenvalue weighted by atomic mass is 35.5. The number of rotatable bonds is 7. The van der Waals surface area contributed by atoms with Crippen LogP contribution in [0.4, 0.5) is 17.1 Å². The summed E-state index contributed by atoms with van der Waals surface area (Å²) in [4.78, 5) is 23.5. The molecule has 0 bridgehead atoms. The molecule has 0 radical (unpaired) electrons. The molecule has 1 unspecified atom stereocenters. The average Bonchev–Trinajstić information content (AvgIpc) is 3.39. The Morgan fingerprint density at radius 1 is 1.03 bits per heavy atom. The number of ether oxygens (including phenoxy) is 1. The maximum atomic E-state index is 12.8. The number of amides is 1. The van der Waals surface area contributed by atoms with Crippen molar-refractivity contribution in [2.45, 2.75) is 12.5 Å². The van der Waals surface area contributed by atoms with Gasteiger partial charge >= 0.3 is 0 Å². The molecule has 0 spiro atoms. The molecule has 190 valence electrons. The van der Waals surface area contributed by atoms with E-state index >= 15 is 0 Å². The van der Waals surface area contributed by atoms with Gasteiger partial charge in [0.1, 0.15) is 5.75 Å². The Morgan fingerprint density at radius 2 is 1.74 bits per heavy atom. The van der Waals surface area contributed by atoms with Gasteiger partial charge in [-0.1, -0.05) is 54.1 Å². The number of hydrazone groups is 1. The van der Waals surface area contributed by atoms with E-state index in [1.165, 1.54) is 19.2 Å². The molecular weight excluding hydrogens is 504 g/mol. The second-order valence-corrected chi connectivity index (χ2v) is 9.11. The number of benzene rings is 4. The van der Waals surface area contributed by atoms with Gasteiger partial charge in [-0.25, -0.2) is 0 Å². The molecular formula is C29H23ClN4O4. The zero-order valence-corrected chi connectivity index (χ0v) is 21.1. The van der Waals surface area contributed by atoms with Crippen molar-refractivity contribution in [2.75, 3.05) is 17.4 Å². The Hall–Kier alpha value is -4.69. The molecule has 0 saturated heterocycles. The van der Waals surface area contributed by atoms with Crippen molar-refractivity contribution in [1.29, 1.82) is 0 Å². The van der Waals surface area contributed by atoms with Crippen molar-refractivity contribution in [2.24, 2.45) is 5.10 Å². The second kappa shape index (κ2) is 10.7. The molecule has 0 aliphatic carbocycles. The summed E-state index contributed by atoms with van der Waals surface area (Å²) in [6.45, 7) is 0. The van der Waals surface area contributed by atoms with Crippen LogP contribution in [0.1, 0.15) is 33.9 Å². The first-order valence-electron chi connectivity index (χ1n) is 11.8. The van der Waals surface area contributed by atoms with E-state index in [-0.39, 0.29) is 17.6 Å². The molecule has 38 heavy (non-hydrogen) atoms. The number of hydrogen-bond donors (Lipinski definition) is 1. The Labute approximate surface area is 224 Å². The molecule has 0 saturated carbocycles. The van der Waals surface area contributed by atoms with E-state index in [9.17, 15) is 14.9 Å². The van der Waals surface area contributed by atoms with Crippen molar-refractivity contribution in [3.05, 3.63) is 129 Å². The Bertz CT molecular complexity index is 1510. The molecule has 1 atom stereocenters. The van der Waals surface area contributed by atoms with Crippen molar-refractivity contribution in [3.8, 4) is 5.75 Å². The summed E-state index contributed by atoms with van der Waals surface area (Å²) >= 11 is 6.07. The normalized spacial score (nSPS) is 14.6. The largest absolute Gasteiger partial charge is 0.496 e. The van der Waals surface area contributed by atoms with Crippen LogP contribution in [0.5, 0.6) is 5.75 Å². The van der Waals surface area contributed by atoms with Crippen LogP contribution >= 0.6 is 11.6 Å². The van der Waals surface area contributed by atoms with E-state index in [0.29, 0.717) is 28.4 Å². The molecule has 4 aromatic rings. The fraction of sp³-hybridized carbons (Fsp3) is 0.103. The highest BCUT2D eigenvalue weighted by Gasteiger charge is 2.30. The summed E-state index contributed by atoms with van der Waals surface area (Å²) in [7, 11) is 1.50. The lowest BCUT2D eigenvalue weighted by atomic mass is 9.98. The molecule has 0 aromatic heterocycles. The third kappa shape index (κ3) is 5.21. The van der Waals surface area contributed by atoms with Gasteiger partial charge in [0, 0.05) is 29.3 Å². The van der Waals surface area contributed by atoms with E-state index in [1.54, 1.807) is 30.3 Å². The topological polar surface area (TPSA) is 97.1 Å². The third-order valence-corrected chi connectivity index (χ3v) is 6.54. The maximum absolute atomic E-state index is 12.8. The maximum Gasteiger partial charge on any atom is 0.269 e. The summed E-state index contributed by atoms with van der Waals surface area (Å²) in [5.74, 6) is 0.103. The van der Waals surface area contributed by atoms with Crippen molar-refractivity contribution in [3.63, 3.8) is 0 Å². The third-order valence-electron chi connectivity index (χ3n) is 6.30. The van der Waals surface area contributed by atoms with Gasteiger partial charge in [0.2, 0.25) is 0 Å². The Morgan fingerprint density at radius 3 is 2.39 bits per heavy atom. The van der Waals surface area contributed by atoms with Crippen LogP contribution in [-0.4, -0.2) is 23.7 Å². The summed E-state index contributed by atoms with van der Waals surface area (Å²) in [5.41, 5.74) is 4.63. The number of non-ortho nitro benzene ring substituents is 1. The fourth-order valence-electron chi connectivity index (χ4n) is 4.38. The van der Waals surface area contributed by atoms with Gasteiger partial charge in [-0.3, -0.25) is 19.9 Å². The first kappa shape index (κ1) is 25.0. The number of para-hydroxylation sites is 1. The number of nitro groups is 1. The minimum absolute atomic E-state index is 0.0483. The van der Waals surface area contributed by atoms with Gasteiger partial charge in [0.05, 0.1) is 35.0 Å². The van der Waals surface area contributed by atoms with Gasteiger partial charge < -0.3 is 10.1 Å². The number of methoxy groups -OCH3 is 1. The predicted molar refractivity (Wildman–Crippen MR) is 148 cm³/mol. The van der Waals surface area contributed by atoms with Crippen LogP contribution in [0.15, 0.2) is 102 Å². The Kier molecular flexibility index (Phi) is 7.06. The summed E-state index contributed by atoms with van der Waals surface area (Å²) < 4.78 is 5.28. The van der Waals surface area contributed by atoms with Crippen LogP contribution in [0, 0.1) is 10.1 Å². The van der Waals surface area contributed by atoms with E-state index in [1.807, 2.05) is 59.6 Å². The van der Waals surface area contributed by atoms with Crippen LogP contribution < -0.4 is 15.1 Å². The smallest absolute Gasteiger partial charge is 0.269 e. The van der Waals surface area contributed by atoms with Crippen LogP contribution in [0.2, 0.25) is 5.02 Å². The van der Waals surface area contributed by atoms with Crippen LogP contribution in [-0.2, 0) is 0 Å².